The van der Waals surface area contributed by atoms with E-state index in [9.17, 15) is 9.59 Å². The van der Waals surface area contributed by atoms with Crippen LogP contribution in [0.15, 0.2) is 6.07 Å². The fourth-order valence-electron chi connectivity index (χ4n) is 1.68. The molecule has 0 spiro atoms. The van der Waals surface area contributed by atoms with Crippen LogP contribution in [-0.4, -0.2) is 50.7 Å². The Morgan fingerprint density at radius 3 is 2.45 bits per heavy atom. The van der Waals surface area contributed by atoms with Crippen LogP contribution in [-0.2, 0) is 14.3 Å². The Balaban J connectivity index is 2.75. The fraction of sp³-hybridized carbons (Fsp3) is 0.571. The van der Waals surface area contributed by atoms with Crippen molar-refractivity contribution in [3.8, 4) is 0 Å². The Labute approximate surface area is 123 Å². The minimum Gasteiger partial charge on any atom is -0.469 e. The summed E-state index contributed by atoms with van der Waals surface area (Å²) in [4.78, 5) is 27.1. The zero-order valence-corrected chi connectivity index (χ0v) is 13.2. The van der Waals surface area contributed by atoms with Crippen LogP contribution < -0.4 is 0 Å². The Hall–Kier alpha value is -1.40. The lowest BCUT2D eigenvalue weighted by molar-refractivity contribution is -0.140. The van der Waals surface area contributed by atoms with Gasteiger partial charge in [-0.1, -0.05) is 0 Å². The smallest absolute Gasteiger partial charge is 0.307 e. The van der Waals surface area contributed by atoms with Crippen molar-refractivity contribution >= 4 is 23.2 Å². The van der Waals surface area contributed by atoms with Crippen LogP contribution in [0.5, 0.6) is 0 Å². The number of esters is 1. The van der Waals surface area contributed by atoms with Gasteiger partial charge in [0, 0.05) is 25.1 Å². The highest BCUT2D eigenvalue weighted by Gasteiger charge is 2.19. The van der Waals surface area contributed by atoms with Crippen molar-refractivity contribution in [2.24, 2.45) is 0 Å². The zero-order chi connectivity index (χ0) is 15.1. The molecule has 1 aromatic heterocycles. The normalized spacial score (nSPS) is 10.4. The molecule has 0 N–H and O–H groups in total. The van der Waals surface area contributed by atoms with Gasteiger partial charge in [0.15, 0.2) is 0 Å². The van der Waals surface area contributed by atoms with Crippen molar-refractivity contribution < 1.29 is 19.1 Å². The quantitative estimate of drug-likeness (QED) is 0.723. The van der Waals surface area contributed by atoms with Crippen molar-refractivity contribution in [3.63, 3.8) is 0 Å². The maximum absolute atomic E-state index is 12.4. The van der Waals surface area contributed by atoms with Gasteiger partial charge in [0.25, 0.3) is 5.91 Å². The first-order valence-corrected chi connectivity index (χ1v) is 7.23. The molecule has 0 atom stereocenters. The number of nitrogens with zero attached hydrogens (tertiary/aromatic N) is 1. The molecule has 0 bridgehead atoms. The predicted octanol–water partition coefficient (Wildman–Crippen LogP) is 2.02. The molecule has 5 nitrogen and oxygen atoms in total. The number of carbonyl (C=O) groups excluding carboxylic acids is 2. The highest BCUT2D eigenvalue weighted by Crippen LogP contribution is 2.22. The largest absolute Gasteiger partial charge is 0.469 e. The number of carbonyl (C=O) groups is 2. The molecular weight excluding hydrogens is 278 g/mol. The topological polar surface area (TPSA) is 55.8 Å². The Morgan fingerprint density at radius 1 is 1.25 bits per heavy atom. The second-order valence-corrected chi connectivity index (χ2v) is 5.72. The van der Waals surface area contributed by atoms with Crippen LogP contribution in [0.4, 0.5) is 0 Å². The summed E-state index contributed by atoms with van der Waals surface area (Å²) in [6.45, 7) is 5.21. The molecule has 0 aromatic carbocycles. The summed E-state index contributed by atoms with van der Waals surface area (Å²) < 4.78 is 9.62. The standard InChI is InChI=1S/C14H21NO4S/c1-10-9-12(20-11(10)2)14(17)15(7-8-18-3)6-5-13(16)19-4/h9H,5-8H2,1-4H3. The SMILES string of the molecule is COCCN(CCC(=O)OC)C(=O)c1cc(C)c(C)s1. The number of ether oxygens (including phenoxy) is 2. The van der Waals surface area contributed by atoms with Crippen molar-refractivity contribution in [1.82, 2.24) is 4.90 Å². The second-order valence-electron chi connectivity index (χ2n) is 4.46. The van der Waals surface area contributed by atoms with Gasteiger partial charge in [0.1, 0.15) is 0 Å². The first-order valence-electron chi connectivity index (χ1n) is 6.41. The number of rotatable bonds is 7. The lowest BCUT2D eigenvalue weighted by Gasteiger charge is -2.21. The third-order valence-corrected chi connectivity index (χ3v) is 4.18. The van der Waals surface area contributed by atoms with Crippen LogP contribution in [0.25, 0.3) is 0 Å². The number of hydrogen-bond donors (Lipinski definition) is 0. The molecule has 0 saturated carbocycles. The Kier molecular flexibility index (Phi) is 6.67. The van der Waals surface area contributed by atoms with Crippen molar-refractivity contribution in [3.05, 3.63) is 21.4 Å². The maximum Gasteiger partial charge on any atom is 0.307 e. The van der Waals surface area contributed by atoms with E-state index in [0.29, 0.717) is 24.6 Å². The zero-order valence-electron chi connectivity index (χ0n) is 12.4. The Morgan fingerprint density at radius 2 is 1.95 bits per heavy atom. The minimum atomic E-state index is -0.321. The molecule has 0 aliphatic rings. The van der Waals surface area contributed by atoms with Gasteiger partial charge in [-0.25, -0.2) is 0 Å². The molecule has 1 heterocycles. The molecule has 1 aromatic rings. The van der Waals surface area contributed by atoms with Gasteiger partial charge in [-0.15, -0.1) is 11.3 Å². The third kappa shape index (κ3) is 4.61. The molecule has 0 saturated heterocycles. The number of aryl methyl sites for hydroxylation is 2. The van der Waals surface area contributed by atoms with E-state index in [0.717, 1.165) is 10.4 Å². The highest BCUT2D eigenvalue weighted by molar-refractivity contribution is 7.14. The summed E-state index contributed by atoms with van der Waals surface area (Å²) in [5, 5.41) is 0. The molecule has 0 unspecified atom stereocenters. The molecule has 0 radical (unpaired) electrons. The van der Waals surface area contributed by atoms with E-state index in [-0.39, 0.29) is 18.3 Å². The van der Waals surface area contributed by atoms with Crippen molar-refractivity contribution in [2.75, 3.05) is 33.9 Å². The lowest BCUT2D eigenvalue weighted by Crippen LogP contribution is -2.35. The van der Waals surface area contributed by atoms with Gasteiger partial charge < -0.3 is 14.4 Å². The summed E-state index contributed by atoms with van der Waals surface area (Å²) in [6, 6.07) is 1.89. The molecule has 0 aliphatic heterocycles. The van der Waals surface area contributed by atoms with Crippen LogP contribution >= 0.6 is 11.3 Å². The lowest BCUT2D eigenvalue weighted by atomic mass is 10.2. The van der Waals surface area contributed by atoms with E-state index in [4.69, 9.17) is 4.74 Å². The molecule has 1 amide bonds. The van der Waals surface area contributed by atoms with E-state index in [2.05, 4.69) is 4.74 Å². The molecule has 112 valence electrons. The molecule has 20 heavy (non-hydrogen) atoms. The van der Waals surface area contributed by atoms with E-state index in [1.54, 1.807) is 12.0 Å². The summed E-state index contributed by atoms with van der Waals surface area (Å²) in [5.74, 6) is -0.383. The van der Waals surface area contributed by atoms with Crippen LogP contribution in [0.1, 0.15) is 26.5 Å². The monoisotopic (exact) mass is 299 g/mol. The summed E-state index contributed by atoms with van der Waals surface area (Å²) in [5.41, 5.74) is 1.11. The van der Waals surface area contributed by atoms with E-state index >= 15 is 0 Å². The minimum absolute atomic E-state index is 0.0628. The first-order chi connectivity index (χ1) is 9.49. The van der Waals surface area contributed by atoms with Gasteiger partial charge >= 0.3 is 5.97 Å². The average Bonchev–Trinajstić information content (AvgIpc) is 2.77. The summed E-state index contributed by atoms with van der Waals surface area (Å²) in [6.07, 6.45) is 0.190. The molecule has 1 rings (SSSR count). The van der Waals surface area contributed by atoms with Gasteiger partial charge in [-0.3, -0.25) is 9.59 Å². The fourth-order valence-corrected chi connectivity index (χ4v) is 2.68. The number of methoxy groups -OCH3 is 2. The van der Waals surface area contributed by atoms with E-state index in [1.807, 2.05) is 19.9 Å². The van der Waals surface area contributed by atoms with Crippen LogP contribution in [0.2, 0.25) is 0 Å². The molecule has 0 fully saturated rings. The predicted molar refractivity (Wildman–Crippen MR) is 78.2 cm³/mol. The van der Waals surface area contributed by atoms with Crippen LogP contribution in [0.3, 0.4) is 0 Å². The highest BCUT2D eigenvalue weighted by atomic mass is 32.1. The van der Waals surface area contributed by atoms with Gasteiger partial charge in [0.2, 0.25) is 0 Å². The number of amides is 1. The summed E-state index contributed by atoms with van der Waals surface area (Å²) >= 11 is 1.48. The maximum atomic E-state index is 12.4. The second kappa shape index (κ2) is 8.01. The van der Waals surface area contributed by atoms with Crippen LogP contribution in [0, 0.1) is 13.8 Å². The van der Waals surface area contributed by atoms with Gasteiger partial charge in [-0.05, 0) is 25.5 Å². The molecular formula is C14H21NO4S. The summed E-state index contributed by atoms with van der Waals surface area (Å²) in [7, 11) is 2.93. The van der Waals surface area contributed by atoms with Crippen molar-refractivity contribution in [1.29, 1.82) is 0 Å². The first kappa shape index (κ1) is 16.7. The molecule has 6 heteroatoms. The van der Waals surface area contributed by atoms with Crippen molar-refractivity contribution in [2.45, 2.75) is 20.3 Å². The average molecular weight is 299 g/mol. The number of thiophene rings is 1. The van der Waals surface area contributed by atoms with E-state index < -0.39 is 0 Å². The third-order valence-electron chi connectivity index (χ3n) is 3.04. The number of hydrogen-bond acceptors (Lipinski definition) is 5. The van der Waals surface area contributed by atoms with Gasteiger partial charge in [-0.2, -0.15) is 0 Å². The molecule has 0 aliphatic carbocycles. The van der Waals surface area contributed by atoms with Gasteiger partial charge in [0.05, 0.1) is 25.0 Å². The van der Waals surface area contributed by atoms with E-state index in [1.165, 1.54) is 18.4 Å². The Bertz CT molecular complexity index is 450.